The minimum absolute atomic E-state index is 0. The summed E-state index contributed by atoms with van der Waals surface area (Å²) in [5.74, 6) is 0. The van der Waals surface area contributed by atoms with E-state index in [1.807, 2.05) is 60.7 Å². The van der Waals surface area contributed by atoms with E-state index in [1.54, 1.807) is 36.4 Å². The average Bonchev–Trinajstić information content (AvgIpc) is 2.86. The molecule has 2 N–H and O–H groups in total. The predicted octanol–water partition coefficient (Wildman–Crippen LogP) is 5.43. The molecular weight excluding hydrogens is 542 g/mol. The predicted molar refractivity (Wildman–Crippen MR) is 154 cm³/mol. The molecule has 0 aliphatic carbocycles. The van der Waals surface area contributed by atoms with Crippen molar-refractivity contribution >= 4 is 104 Å². The largest absolute Gasteiger partial charge is 0.294 e. The maximum Gasteiger partial charge on any atom is 0.294 e. The maximum absolute atomic E-state index is 11.3. The Kier molecular flexibility index (Phi) is 11.9. The van der Waals surface area contributed by atoms with Gasteiger partial charge in [0.25, 0.3) is 20.2 Å². The molecule has 184 valence electrons. The van der Waals surface area contributed by atoms with E-state index in [0.29, 0.717) is 11.1 Å². The van der Waals surface area contributed by atoms with E-state index in [1.165, 1.54) is 24.3 Å². The Morgan fingerprint density at radius 1 is 0.447 bits per heavy atom. The van der Waals surface area contributed by atoms with E-state index >= 15 is 0 Å². The van der Waals surface area contributed by atoms with E-state index in [0.717, 1.165) is 22.3 Å². The van der Waals surface area contributed by atoms with E-state index in [2.05, 4.69) is 0 Å². The Bertz CT molecular complexity index is 1530. The van der Waals surface area contributed by atoms with Crippen LogP contribution in [0.1, 0.15) is 22.3 Å². The zero-order valence-corrected chi connectivity index (χ0v) is 26.5. The number of rotatable bonds is 7. The van der Waals surface area contributed by atoms with Gasteiger partial charge in [0.05, 0.1) is 9.79 Å². The van der Waals surface area contributed by atoms with Crippen molar-refractivity contribution in [2.45, 2.75) is 9.79 Å². The van der Waals surface area contributed by atoms with Crippen molar-refractivity contribution in [1.82, 2.24) is 0 Å². The summed E-state index contributed by atoms with van der Waals surface area (Å²) in [7, 11) is -8.48. The molecule has 4 aromatic carbocycles. The molecule has 0 unspecified atom stereocenters. The molecule has 0 aliphatic heterocycles. The zero-order valence-electron chi connectivity index (χ0n) is 20.9. The van der Waals surface area contributed by atoms with Crippen molar-refractivity contribution in [2.24, 2.45) is 0 Å². The fourth-order valence-corrected chi connectivity index (χ4v) is 4.59. The van der Waals surface area contributed by atoms with Gasteiger partial charge < -0.3 is 0 Å². The van der Waals surface area contributed by atoms with Crippen LogP contribution in [0.15, 0.2) is 107 Å². The molecular formula is C28H22Na2O6S2. The number of hydrogen-bond acceptors (Lipinski definition) is 4. The fraction of sp³-hybridized carbons (Fsp3) is 0. The Labute approximate surface area is 267 Å². The molecule has 0 heterocycles. The SMILES string of the molecule is O=S(=O)(O)c1cccc(C=Cc2ccc(-c3ccc(C=Cc4cccc(S(=O)(=O)O)c4)cc3)cc2)c1.[Na].[Na]. The molecule has 2 radical (unpaired) electrons. The first-order valence-corrected chi connectivity index (χ1v) is 13.7. The molecule has 0 atom stereocenters. The number of benzene rings is 4. The summed E-state index contributed by atoms with van der Waals surface area (Å²) in [6, 6.07) is 27.9. The van der Waals surface area contributed by atoms with E-state index in [4.69, 9.17) is 0 Å². The van der Waals surface area contributed by atoms with Crippen LogP contribution in [0, 0.1) is 0 Å². The normalized spacial score (nSPS) is 11.7. The van der Waals surface area contributed by atoms with Crippen molar-refractivity contribution < 1.29 is 25.9 Å². The molecule has 6 nitrogen and oxygen atoms in total. The molecule has 0 aromatic heterocycles. The minimum atomic E-state index is -4.24. The van der Waals surface area contributed by atoms with Crippen molar-refractivity contribution in [3.63, 3.8) is 0 Å². The molecule has 38 heavy (non-hydrogen) atoms. The van der Waals surface area contributed by atoms with Crippen LogP contribution in [0.2, 0.25) is 0 Å². The summed E-state index contributed by atoms with van der Waals surface area (Å²) in [5, 5.41) is 0. The second-order valence-corrected chi connectivity index (χ2v) is 10.8. The maximum atomic E-state index is 11.3. The Hall–Kier alpha value is -1.82. The van der Waals surface area contributed by atoms with E-state index < -0.39 is 20.2 Å². The summed E-state index contributed by atoms with van der Waals surface area (Å²) >= 11 is 0. The fourth-order valence-electron chi connectivity index (χ4n) is 3.52. The van der Waals surface area contributed by atoms with Gasteiger partial charge in [-0.1, -0.05) is 97.1 Å². The van der Waals surface area contributed by atoms with Crippen LogP contribution in [0.3, 0.4) is 0 Å². The molecule has 10 heteroatoms. The van der Waals surface area contributed by atoms with Crippen molar-refractivity contribution in [3.8, 4) is 11.1 Å². The van der Waals surface area contributed by atoms with E-state index in [-0.39, 0.29) is 68.9 Å². The Morgan fingerprint density at radius 3 is 1.08 bits per heavy atom. The first-order chi connectivity index (χ1) is 17.1. The second kappa shape index (κ2) is 14.0. The van der Waals surface area contributed by atoms with Crippen LogP contribution in [-0.4, -0.2) is 85.1 Å². The van der Waals surface area contributed by atoms with Gasteiger partial charge in [0, 0.05) is 59.1 Å². The van der Waals surface area contributed by atoms with Crippen molar-refractivity contribution in [2.75, 3.05) is 0 Å². The monoisotopic (exact) mass is 564 g/mol. The van der Waals surface area contributed by atoms with E-state index in [9.17, 15) is 25.9 Å². The van der Waals surface area contributed by atoms with Crippen LogP contribution in [0.25, 0.3) is 35.4 Å². The van der Waals surface area contributed by atoms with Gasteiger partial charge in [-0.15, -0.1) is 0 Å². The van der Waals surface area contributed by atoms with Crippen molar-refractivity contribution in [3.05, 3.63) is 119 Å². The van der Waals surface area contributed by atoms with Gasteiger partial charge in [0.2, 0.25) is 0 Å². The standard InChI is InChI=1S/C28H22O6S2.2Na/c29-35(30,31)27-5-1-3-23(19-27)9-7-21-11-15-25(16-12-21)26-17-13-22(14-18-26)8-10-24-4-2-6-28(20-24)36(32,33)34;;/h1-20H,(H,29,30,31)(H,32,33,34);;. The van der Waals surface area contributed by atoms with Gasteiger partial charge in [-0.05, 0) is 57.6 Å². The van der Waals surface area contributed by atoms with Gasteiger partial charge in [-0.25, -0.2) is 0 Å². The van der Waals surface area contributed by atoms with Gasteiger partial charge in [-0.2, -0.15) is 16.8 Å². The third-order valence-electron chi connectivity index (χ3n) is 5.40. The Balaban J connectivity index is 0.00000253. The van der Waals surface area contributed by atoms with Gasteiger partial charge in [-0.3, -0.25) is 9.11 Å². The molecule has 0 fully saturated rings. The van der Waals surface area contributed by atoms with Crippen LogP contribution in [-0.2, 0) is 20.2 Å². The third-order valence-corrected chi connectivity index (χ3v) is 7.10. The molecule has 0 amide bonds. The van der Waals surface area contributed by atoms with Crippen LogP contribution < -0.4 is 0 Å². The summed E-state index contributed by atoms with van der Waals surface area (Å²) in [4.78, 5) is -0.296. The minimum Gasteiger partial charge on any atom is -0.282 e. The average molecular weight is 565 g/mol. The van der Waals surface area contributed by atoms with Crippen LogP contribution in [0.4, 0.5) is 0 Å². The second-order valence-electron chi connectivity index (χ2n) is 8.01. The third kappa shape index (κ3) is 9.14. The smallest absolute Gasteiger partial charge is 0.282 e. The summed E-state index contributed by atoms with van der Waals surface area (Å²) < 4.78 is 63.6. The first-order valence-electron chi connectivity index (χ1n) is 10.8. The molecule has 0 aliphatic rings. The first kappa shape index (κ1) is 32.4. The number of hydrogen-bond donors (Lipinski definition) is 2. The molecule has 0 bridgehead atoms. The topological polar surface area (TPSA) is 109 Å². The molecule has 0 saturated heterocycles. The Morgan fingerprint density at radius 2 is 0.763 bits per heavy atom. The molecule has 4 rings (SSSR count). The summed E-state index contributed by atoms with van der Waals surface area (Å²) in [5.41, 5.74) is 5.23. The van der Waals surface area contributed by atoms with Crippen LogP contribution in [0.5, 0.6) is 0 Å². The van der Waals surface area contributed by atoms with Gasteiger partial charge >= 0.3 is 0 Å². The van der Waals surface area contributed by atoms with Gasteiger partial charge in [0.15, 0.2) is 0 Å². The molecule has 0 spiro atoms. The van der Waals surface area contributed by atoms with Crippen molar-refractivity contribution in [1.29, 1.82) is 0 Å². The summed E-state index contributed by atoms with van der Waals surface area (Å²) in [6.07, 6.45) is 7.27. The van der Waals surface area contributed by atoms with Crippen LogP contribution >= 0.6 is 0 Å². The zero-order chi connectivity index (χ0) is 25.8. The molecule has 4 aromatic rings. The molecule has 0 saturated carbocycles. The quantitative estimate of drug-likeness (QED) is 0.176. The van der Waals surface area contributed by atoms with Gasteiger partial charge in [0.1, 0.15) is 0 Å². The summed E-state index contributed by atoms with van der Waals surface area (Å²) in [6.45, 7) is 0.